The van der Waals surface area contributed by atoms with Gasteiger partial charge < -0.3 is 0 Å². The van der Waals surface area contributed by atoms with Gasteiger partial charge in [-0.3, -0.25) is 0 Å². The Hall–Kier alpha value is -2.41. The molecule has 0 unspecified atom stereocenters. The van der Waals surface area contributed by atoms with Gasteiger partial charge in [0, 0.05) is 5.56 Å². The molecule has 0 saturated heterocycles. The first-order chi connectivity index (χ1) is 12.9. The molecule has 0 aliphatic rings. The number of benzene rings is 2. The van der Waals surface area contributed by atoms with Gasteiger partial charge in [-0.15, -0.1) is 5.10 Å². The zero-order valence-corrected chi connectivity index (χ0v) is 17.9. The Labute approximate surface area is 164 Å². The second-order valence-corrected chi connectivity index (χ2v) is 13.2. The number of halogens is 3. The smallest absolute Gasteiger partial charge is 0.221 e. The van der Waals surface area contributed by atoms with E-state index in [9.17, 15) is 13.2 Å². The van der Waals surface area contributed by atoms with E-state index in [4.69, 9.17) is 0 Å². The normalized spacial score (nSPS) is 12.5. The van der Waals surface area contributed by atoms with Crippen LogP contribution in [0.2, 0.25) is 19.6 Å². The molecule has 3 nitrogen and oxygen atoms in total. The maximum Gasteiger partial charge on any atom is 0.416 e. The molecule has 148 valence electrons. The average Bonchev–Trinajstić information content (AvgIpc) is 2.98. The van der Waals surface area contributed by atoms with Crippen LogP contribution in [-0.4, -0.2) is 23.1 Å². The highest BCUT2D eigenvalue weighted by Gasteiger charge is 2.32. The van der Waals surface area contributed by atoms with Gasteiger partial charge in [0.05, 0.1) is 16.6 Å². The molecule has 0 aliphatic carbocycles. The van der Waals surface area contributed by atoms with Crippen molar-refractivity contribution in [3.8, 4) is 16.9 Å². The van der Waals surface area contributed by atoms with E-state index in [0.717, 1.165) is 34.3 Å². The Morgan fingerprint density at radius 3 is 1.89 bits per heavy atom. The minimum absolute atomic E-state index is 0.652. The summed E-state index contributed by atoms with van der Waals surface area (Å²) in [6.07, 6.45) is -4.35. The maximum atomic E-state index is 12.9. The van der Waals surface area contributed by atoms with E-state index in [1.165, 1.54) is 17.7 Å². The molecule has 0 spiro atoms. The lowest BCUT2D eigenvalue weighted by atomic mass is 10.1. The van der Waals surface area contributed by atoms with Crippen molar-refractivity contribution in [3.05, 3.63) is 58.7 Å². The summed E-state index contributed by atoms with van der Waals surface area (Å²) in [5, 5.41) is 9.83. The summed E-state index contributed by atoms with van der Waals surface area (Å²) in [6, 6.07) is 9.38. The van der Waals surface area contributed by atoms with Crippen molar-refractivity contribution in [1.82, 2.24) is 15.0 Å². The molecule has 3 aromatic rings. The highest BCUT2D eigenvalue weighted by Crippen LogP contribution is 2.31. The van der Waals surface area contributed by atoms with E-state index < -0.39 is 19.8 Å². The number of nitrogens with zero attached hydrogens (tertiary/aromatic N) is 3. The molecule has 3 rings (SSSR count). The third-order valence-corrected chi connectivity index (χ3v) is 6.58. The van der Waals surface area contributed by atoms with Crippen LogP contribution in [0.1, 0.15) is 22.3 Å². The monoisotopic (exact) mass is 403 g/mol. The van der Waals surface area contributed by atoms with Crippen LogP contribution in [0.15, 0.2) is 36.4 Å². The van der Waals surface area contributed by atoms with E-state index in [1.54, 1.807) is 0 Å². The lowest BCUT2D eigenvalue weighted by Crippen LogP contribution is -2.44. The number of rotatable bonds is 3. The molecule has 0 aliphatic heterocycles. The molecular weight excluding hydrogens is 379 g/mol. The summed E-state index contributed by atoms with van der Waals surface area (Å²) < 4.78 is 40.6. The average molecular weight is 404 g/mol. The number of aryl methyl sites for hydroxylation is 3. The first kappa shape index (κ1) is 20.3. The standard InChI is InChI=1S/C21H24F3N3Si/c1-13-11-14(2)19(15(3)12-13)27-20(28(4,5)6)18(25-26-27)16-7-9-17(10-8-16)21(22,23)24/h7-12H,1-6H3. The Balaban J connectivity index is 2.21. The van der Waals surface area contributed by atoms with E-state index in [2.05, 4.69) is 49.0 Å². The van der Waals surface area contributed by atoms with Gasteiger partial charge in [-0.25, -0.2) is 4.68 Å². The SMILES string of the molecule is Cc1cc(C)c(-n2nnc(-c3ccc(C(F)(F)F)cc3)c2[Si](C)(C)C)c(C)c1. The van der Waals surface area contributed by atoms with Crippen LogP contribution in [0.5, 0.6) is 0 Å². The molecule has 7 heteroatoms. The van der Waals surface area contributed by atoms with Crippen LogP contribution >= 0.6 is 0 Å². The van der Waals surface area contributed by atoms with Crippen LogP contribution in [0, 0.1) is 20.8 Å². The Morgan fingerprint density at radius 2 is 1.43 bits per heavy atom. The van der Waals surface area contributed by atoms with Gasteiger partial charge in [-0.05, 0) is 44.0 Å². The van der Waals surface area contributed by atoms with Gasteiger partial charge in [-0.2, -0.15) is 13.2 Å². The maximum absolute atomic E-state index is 12.9. The lowest BCUT2D eigenvalue weighted by Gasteiger charge is -2.22. The number of hydrogen-bond donors (Lipinski definition) is 0. The van der Waals surface area contributed by atoms with Crippen molar-refractivity contribution in [2.24, 2.45) is 0 Å². The summed E-state index contributed by atoms with van der Waals surface area (Å²) in [5.74, 6) is 0. The summed E-state index contributed by atoms with van der Waals surface area (Å²) in [6.45, 7) is 12.7. The lowest BCUT2D eigenvalue weighted by molar-refractivity contribution is -0.137. The molecule has 1 aromatic heterocycles. The Kier molecular flexibility index (Phi) is 4.99. The first-order valence-corrected chi connectivity index (χ1v) is 12.6. The topological polar surface area (TPSA) is 30.7 Å². The molecule has 0 saturated carbocycles. The van der Waals surface area contributed by atoms with Crippen LogP contribution in [0.4, 0.5) is 13.2 Å². The van der Waals surface area contributed by atoms with Crippen LogP contribution in [0.3, 0.4) is 0 Å². The predicted octanol–water partition coefficient (Wildman–Crippen LogP) is 5.42. The zero-order chi connectivity index (χ0) is 20.9. The number of hydrogen-bond acceptors (Lipinski definition) is 2. The van der Waals surface area contributed by atoms with Crippen molar-refractivity contribution in [1.29, 1.82) is 0 Å². The molecule has 0 bridgehead atoms. The molecule has 0 amide bonds. The van der Waals surface area contributed by atoms with Crippen molar-refractivity contribution < 1.29 is 13.2 Å². The Morgan fingerprint density at radius 1 is 0.893 bits per heavy atom. The third kappa shape index (κ3) is 3.76. The zero-order valence-electron chi connectivity index (χ0n) is 16.9. The second-order valence-electron chi connectivity index (χ2n) is 8.27. The van der Waals surface area contributed by atoms with E-state index in [0.29, 0.717) is 11.3 Å². The molecule has 0 radical (unpaired) electrons. The fraction of sp³-hybridized carbons (Fsp3) is 0.333. The van der Waals surface area contributed by atoms with Gasteiger partial charge in [0.1, 0.15) is 13.8 Å². The Bertz CT molecular complexity index is 990. The van der Waals surface area contributed by atoms with Gasteiger partial charge in [0.15, 0.2) is 0 Å². The number of alkyl halides is 3. The molecule has 2 aromatic carbocycles. The summed E-state index contributed by atoms with van der Waals surface area (Å²) >= 11 is 0. The van der Waals surface area contributed by atoms with E-state index in [1.807, 2.05) is 18.5 Å². The fourth-order valence-electron chi connectivity index (χ4n) is 3.63. The van der Waals surface area contributed by atoms with Gasteiger partial charge in [0.2, 0.25) is 0 Å². The van der Waals surface area contributed by atoms with Crippen LogP contribution in [0.25, 0.3) is 16.9 Å². The minimum atomic E-state index is -4.35. The summed E-state index contributed by atoms with van der Waals surface area (Å²) in [5.41, 5.74) is 5.02. The van der Waals surface area contributed by atoms with E-state index in [-0.39, 0.29) is 0 Å². The molecule has 28 heavy (non-hydrogen) atoms. The molecule has 0 fully saturated rings. The van der Waals surface area contributed by atoms with Crippen molar-refractivity contribution in [2.75, 3.05) is 0 Å². The van der Waals surface area contributed by atoms with Gasteiger partial charge in [0.25, 0.3) is 0 Å². The van der Waals surface area contributed by atoms with Crippen LogP contribution in [-0.2, 0) is 6.18 Å². The second kappa shape index (κ2) is 6.88. The summed E-state index contributed by atoms with van der Waals surface area (Å²) in [4.78, 5) is 0. The van der Waals surface area contributed by atoms with E-state index >= 15 is 0 Å². The molecule has 1 heterocycles. The largest absolute Gasteiger partial charge is 0.416 e. The van der Waals surface area contributed by atoms with Crippen molar-refractivity contribution >= 4 is 13.4 Å². The third-order valence-electron chi connectivity index (χ3n) is 4.71. The highest BCUT2D eigenvalue weighted by atomic mass is 28.3. The quantitative estimate of drug-likeness (QED) is 0.547. The van der Waals surface area contributed by atoms with Gasteiger partial charge >= 0.3 is 6.18 Å². The molecule has 0 N–H and O–H groups in total. The predicted molar refractivity (Wildman–Crippen MR) is 109 cm³/mol. The highest BCUT2D eigenvalue weighted by molar-refractivity contribution is 6.89. The van der Waals surface area contributed by atoms with Gasteiger partial charge in [-0.1, -0.05) is 54.7 Å². The number of aromatic nitrogens is 3. The minimum Gasteiger partial charge on any atom is -0.221 e. The van der Waals surface area contributed by atoms with Crippen LogP contribution < -0.4 is 5.32 Å². The van der Waals surface area contributed by atoms with Crippen molar-refractivity contribution in [3.63, 3.8) is 0 Å². The molecular formula is C21H24F3N3Si. The van der Waals surface area contributed by atoms with Crippen molar-refractivity contribution in [2.45, 2.75) is 46.6 Å². The molecule has 0 atom stereocenters. The first-order valence-electron chi connectivity index (χ1n) is 9.11. The fourth-order valence-corrected chi connectivity index (χ4v) is 5.33. The summed E-state index contributed by atoms with van der Waals surface area (Å²) in [7, 11) is -1.93.